The Morgan fingerprint density at radius 1 is 1.50 bits per heavy atom. The van der Waals surface area contributed by atoms with Crippen molar-refractivity contribution in [3.8, 4) is 0 Å². The summed E-state index contributed by atoms with van der Waals surface area (Å²) in [5.74, 6) is -0.875. The van der Waals surface area contributed by atoms with E-state index < -0.39 is 15.9 Å². The Hall–Kier alpha value is -0.580. The zero-order valence-corrected chi connectivity index (χ0v) is 7.97. The third-order valence-corrected chi connectivity index (χ3v) is 3.41. The van der Waals surface area contributed by atoms with Crippen LogP contribution < -0.4 is 5.11 Å². The lowest BCUT2D eigenvalue weighted by atomic mass is 10.2. The fourth-order valence-corrected chi connectivity index (χ4v) is 2.01. The van der Waals surface area contributed by atoms with Gasteiger partial charge in [-0.3, -0.25) is 0 Å². The molecule has 0 aromatic heterocycles. The Labute approximate surface area is 72.4 Å². The Morgan fingerprint density at radius 3 is 2.33 bits per heavy atom. The highest BCUT2D eigenvalue weighted by Crippen LogP contribution is 2.29. The van der Waals surface area contributed by atoms with E-state index in [2.05, 4.69) is 4.40 Å². The molecule has 1 aliphatic carbocycles. The van der Waals surface area contributed by atoms with Crippen LogP contribution in [0.25, 0.3) is 0 Å². The maximum Gasteiger partial charge on any atom is 0.255 e. The highest BCUT2D eigenvalue weighted by atomic mass is 32.2. The molecule has 0 bridgehead atoms. The van der Waals surface area contributed by atoms with Crippen LogP contribution in [0.3, 0.4) is 0 Å². The number of rotatable bonds is 3. The van der Waals surface area contributed by atoms with Crippen molar-refractivity contribution in [1.82, 2.24) is 0 Å². The van der Waals surface area contributed by atoms with Gasteiger partial charge < -0.3 is 5.11 Å². The summed E-state index contributed by atoms with van der Waals surface area (Å²) in [7, 11) is -3.46. The molecule has 1 saturated carbocycles. The van der Waals surface area contributed by atoms with Crippen molar-refractivity contribution in [2.45, 2.75) is 31.9 Å². The molecule has 0 heterocycles. The minimum Gasteiger partial charge on any atom is -0.861 e. The van der Waals surface area contributed by atoms with E-state index in [1.54, 1.807) is 13.8 Å². The summed E-state index contributed by atoms with van der Waals surface area (Å²) in [5.41, 5.74) is 0. The molecule has 1 fully saturated rings. The highest BCUT2D eigenvalue weighted by Gasteiger charge is 2.35. The van der Waals surface area contributed by atoms with Gasteiger partial charge in [-0.15, -0.1) is 0 Å². The zero-order valence-electron chi connectivity index (χ0n) is 7.15. The fraction of sp³-hybridized carbons (Fsp3) is 0.857. The summed E-state index contributed by atoms with van der Waals surface area (Å²) in [6.07, 6.45) is 1.30. The molecule has 70 valence electrons. The predicted octanol–water partition coefficient (Wildman–Crippen LogP) is -0.107. The van der Waals surface area contributed by atoms with E-state index in [9.17, 15) is 13.5 Å². The summed E-state index contributed by atoms with van der Waals surface area (Å²) in [4.78, 5) is 0. The summed E-state index contributed by atoms with van der Waals surface area (Å²) < 4.78 is 25.4. The van der Waals surface area contributed by atoms with Crippen LogP contribution in [-0.2, 0) is 10.0 Å². The topological polar surface area (TPSA) is 69.6 Å². The van der Waals surface area contributed by atoms with Crippen molar-refractivity contribution >= 4 is 15.9 Å². The molecule has 0 atom stereocenters. The summed E-state index contributed by atoms with van der Waals surface area (Å²) >= 11 is 0. The van der Waals surface area contributed by atoms with E-state index in [0.717, 1.165) is 0 Å². The van der Waals surface area contributed by atoms with Crippen molar-refractivity contribution in [3.05, 3.63) is 0 Å². The van der Waals surface area contributed by atoms with E-state index in [1.165, 1.54) is 0 Å². The molecule has 4 nitrogen and oxygen atoms in total. The molecule has 0 aliphatic heterocycles. The normalized spacial score (nSPS) is 20.1. The van der Waals surface area contributed by atoms with Crippen LogP contribution in [0.2, 0.25) is 0 Å². The third kappa shape index (κ3) is 2.20. The molecule has 1 rings (SSSR count). The zero-order chi connectivity index (χ0) is 9.35. The summed E-state index contributed by atoms with van der Waals surface area (Å²) in [5, 5.41) is 10.6. The molecule has 0 radical (unpaired) electrons. The van der Waals surface area contributed by atoms with Crippen molar-refractivity contribution in [2.75, 3.05) is 0 Å². The Kier molecular flexibility index (Phi) is 2.41. The first-order valence-electron chi connectivity index (χ1n) is 3.94. The van der Waals surface area contributed by atoms with Crippen LogP contribution >= 0.6 is 0 Å². The van der Waals surface area contributed by atoms with Crippen LogP contribution in [0, 0.1) is 5.92 Å². The van der Waals surface area contributed by atoms with E-state index in [4.69, 9.17) is 0 Å². The largest absolute Gasteiger partial charge is 0.861 e. The molecule has 5 heteroatoms. The predicted molar refractivity (Wildman–Crippen MR) is 44.2 cm³/mol. The molecule has 1 aliphatic rings. The van der Waals surface area contributed by atoms with Gasteiger partial charge in [0.05, 0.1) is 5.25 Å². The number of sulfonamides is 1. The SMILES string of the molecule is CC(C)/C([O-])=N/S(=O)(=O)C1CC1. The van der Waals surface area contributed by atoms with Crippen LogP contribution in [0.15, 0.2) is 4.40 Å². The highest BCUT2D eigenvalue weighted by molar-refractivity contribution is 7.91. The maximum absolute atomic E-state index is 11.1. The quantitative estimate of drug-likeness (QED) is 0.460. The van der Waals surface area contributed by atoms with Crippen molar-refractivity contribution in [3.63, 3.8) is 0 Å². The first-order valence-corrected chi connectivity index (χ1v) is 5.44. The molecule has 0 aromatic rings. The lowest BCUT2D eigenvalue weighted by Gasteiger charge is -2.13. The summed E-state index contributed by atoms with van der Waals surface area (Å²) in [6, 6.07) is 0. The number of nitrogens with zero attached hydrogens (tertiary/aromatic N) is 1. The molecular weight excluding hydrogens is 178 g/mol. The third-order valence-electron chi connectivity index (χ3n) is 1.66. The minimum absolute atomic E-state index is 0.335. The smallest absolute Gasteiger partial charge is 0.255 e. The average Bonchev–Trinajstić information content (AvgIpc) is 2.65. The van der Waals surface area contributed by atoms with E-state index >= 15 is 0 Å². The lowest BCUT2D eigenvalue weighted by Crippen LogP contribution is -2.25. The minimum atomic E-state index is -3.46. The number of hydrogen-bond donors (Lipinski definition) is 0. The maximum atomic E-state index is 11.1. The number of hydrogen-bond acceptors (Lipinski definition) is 3. The average molecular weight is 190 g/mol. The second-order valence-electron chi connectivity index (χ2n) is 3.30. The second-order valence-corrected chi connectivity index (χ2v) is 5.18. The van der Waals surface area contributed by atoms with Crippen LogP contribution in [0.5, 0.6) is 0 Å². The molecule has 12 heavy (non-hydrogen) atoms. The monoisotopic (exact) mass is 190 g/mol. The summed E-state index contributed by atoms with van der Waals surface area (Å²) in [6.45, 7) is 3.27. The standard InChI is InChI=1S/C7H13NO3S/c1-5(2)7(9)8-12(10,11)6-3-4-6/h5-6H,3-4H2,1-2H3,(H,8,9)/p-1. The van der Waals surface area contributed by atoms with Gasteiger partial charge in [-0.05, 0) is 24.7 Å². The van der Waals surface area contributed by atoms with Gasteiger partial charge >= 0.3 is 0 Å². The second kappa shape index (κ2) is 3.05. The molecular formula is C7H12NO3S-. The Morgan fingerprint density at radius 2 is 2.00 bits per heavy atom. The van der Waals surface area contributed by atoms with Gasteiger partial charge in [0.25, 0.3) is 10.0 Å². The molecule has 0 amide bonds. The van der Waals surface area contributed by atoms with Crippen molar-refractivity contribution < 1.29 is 13.5 Å². The van der Waals surface area contributed by atoms with Crippen LogP contribution in [0.1, 0.15) is 26.7 Å². The Balaban J connectivity index is 2.77. The van der Waals surface area contributed by atoms with Gasteiger partial charge in [-0.1, -0.05) is 13.8 Å². The van der Waals surface area contributed by atoms with Gasteiger partial charge in [0, 0.05) is 0 Å². The van der Waals surface area contributed by atoms with E-state index in [-0.39, 0.29) is 11.2 Å². The lowest BCUT2D eigenvalue weighted by molar-refractivity contribution is -0.222. The van der Waals surface area contributed by atoms with Gasteiger partial charge in [0.1, 0.15) is 0 Å². The van der Waals surface area contributed by atoms with Crippen molar-refractivity contribution in [2.24, 2.45) is 10.3 Å². The molecule has 0 saturated heterocycles. The first kappa shape index (κ1) is 9.51. The Bertz CT molecular complexity index is 288. The van der Waals surface area contributed by atoms with Crippen LogP contribution in [-0.4, -0.2) is 19.6 Å². The van der Waals surface area contributed by atoms with Gasteiger partial charge in [-0.2, -0.15) is 4.40 Å². The van der Waals surface area contributed by atoms with Gasteiger partial charge in [0.2, 0.25) is 0 Å². The van der Waals surface area contributed by atoms with Gasteiger partial charge in [0.15, 0.2) is 0 Å². The molecule has 0 unspecified atom stereocenters. The van der Waals surface area contributed by atoms with E-state index in [0.29, 0.717) is 12.8 Å². The van der Waals surface area contributed by atoms with E-state index in [1.807, 2.05) is 0 Å². The molecule has 0 N–H and O–H groups in total. The fourth-order valence-electron chi connectivity index (χ4n) is 0.671. The molecule has 0 spiro atoms. The van der Waals surface area contributed by atoms with Crippen LogP contribution in [0.4, 0.5) is 0 Å². The first-order chi connectivity index (χ1) is 5.43. The van der Waals surface area contributed by atoms with Crippen molar-refractivity contribution in [1.29, 1.82) is 0 Å². The van der Waals surface area contributed by atoms with Gasteiger partial charge in [-0.25, -0.2) is 8.42 Å². The molecule has 0 aromatic carbocycles.